The van der Waals surface area contributed by atoms with Crippen molar-refractivity contribution in [2.75, 3.05) is 26.7 Å². The molecule has 0 radical (unpaired) electrons. The van der Waals surface area contributed by atoms with Crippen molar-refractivity contribution < 1.29 is 4.52 Å². The molecule has 7 heteroatoms. The first-order valence-corrected chi connectivity index (χ1v) is 7.51. The lowest BCUT2D eigenvalue weighted by atomic mass is 10.1. The van der Waals surface area contributed by atoms with Crippen LogP contribution in [0.1, 0.15) is 12.3 Å². The van der Waals surface area contributed by atoms with Crippen molar-refractivity contribution in [3.63, 3.8) is 0 Å². The number of hydrogen-bond acceptors (Lipinski definition) is 6. The Morgan fingerprint density at radius 1 is 1.55 bits per heavy atom. The minimum Gasteiger partial charge on any atom is -0.338 e. The Hall–Kier alpha value is -0.950. The molecule has 20 heavy (non-hydrogen) atoms. The van der Waals surface area contributed by atoms with E-state index in [1.807, 2.05) is 23.9 Å². The van der Waals surface area contributed by atoms with Gasteiger partial charge in [-0.05, 0) is 43.9 Å². The second-order valence-corrected chi connectivity index (χ2v) is 5.75. The Balaban J connectivity index is 0.00000147. The molecule has 0 amide bonds. The van der Waals surface area contributed by atoms with Crippen molar-refractivity contribution >= 4 is 23.7 Å². The fraction of sp³-hybridized carbons (Fsp3) is 0.538. The summed E-state index contributed by atoms with van der Waals surface area (Å²) >= 11 is 1.64. The summed E-state index contributed by atoms with van der Waals surface area (Å²) in [6.45, 7) is 4.07. The summed E-state index contributed by atoms with van der Waals surface area (Å²) in [5, 5.41) is 11.3. The molecule has 0 bridgehead atoms. The van der Waals surface area contributed by atoms with Crippen LogP contribution in [0.25, 0.3) is 11.4 Å². The molecule has 1 fully saturated rings. The average Bonchev–Trinajstić information content (AvgIpc) is 3.10. The summed E-state index contributed by atoms with van der Waals surface area (Å²) in [5.74, 6) is 2.15. The first kappa shape index (κ1) is 15.4. The monoisotopic (exact) mass is 314 g/mol. The molecule has 1 saturated heterocycles. The molecular weight excluding hydrogens is 296 g/mol. The Labute approximate surface area is 128 Å². The fourth-order valence-corrected chi connectivity index (χ4v) is 3.17. The predicted octanol–water partition coefficient (Wildman–Crippen LogP) is 2.26. The molecule has 5 nitrogen and oxygen atoms in total. The third kappa shape index (κ3) is 3.58. The normalized spacial score (nSPS) is 19.1. The minimum atomic E-state index is 0. The largest absolute Gasteiger partial charge is 0.338 e. The van der Waals surface area contributed by atoms with E-state index in [4.69, 9.17) is 4.52 Å². The van der Waals surface area contributed by atoms with E-state index in [1.165, 1.54) is 6.42 Å². The summed E-state index contributed by atoms with van der Waals surface area (Å²) in [6.07, 6.45) is 1.24. The van der Waals surface area contributed by atoms with E-state index >= 15 is 0 Å². The lowest BCUT2D eigenvalue weighted by molar-refractivity contribution is 0.260. The van der Waals surface area contributed by atoms with Gasteiger partial charge in [-0.15, -0.1) is 12.4 Å². The van der Waals surface area contributed by atoms with Crippen molar-refractivity contribution in [3.8, 4) is 11.4 Å². The quantitative estimate of drug-likeness (QED) is 0.917. The molecular formula is C13H19ClN4OS. The van der Waals surface area contributed by atoms with Gasteiger partial charge < -0.3 is 9.84 Å². The predicted molar refractivity (Wildman–Crippen MR) is 82.2 cm³/mol. The lowest BCUT2D eigenvalue weighted by Gasteiger charge is -2.12. The van der Waals surface area contributed by atoms with Gasteiger partial charge in [-0.1, -0.05) is 5.16 Å². The molecule has 1 atom stereocenters. The zero-order valence-electron chi connectivity index (χ0n) is 11.4. The minimum absolute atomic E-state index is 0. The van der Waals surface area contributed by atoms with Gasteiger partial charge in [-0.2, -0.15) is 16.3 Å². The Morgan fingerprint density at radius 3 is 3.20 bits per heavy atom. The van der Waals surface area contributed by atoms with Crippen LogP contribution in [0.5, 0.6) is 0 Å². The zero-order chi connectivity index (χ0) is 13.1. The van der Waals surface area contributed by atoms with Gasteiger partial charge in [-0.3, -0.25) is 4.90 Å². The number of nitrogens with zero attached hydrogens (tertiary/aromatic N) is 3. The molecule has 2 aromatic rings. The van der Waals surface area contributed by atoms with Gasteiger partial charge in [0.25, 0.3) is 0 Å². The number of likely N-dealkylation sites (tertiary alicyclic amines) is 1. The SMILES string of the molecule is CNCC1CCN(Cc2nc(-c3ccsc3)no2)C1.Cl. The van der Waals surface area contributed by atoms with Crippen LogP contribution >= 0.6 is 23.7 Å². The highest BCUT2D eigenvalue weighted by Crippen LogP contribution is 2.21. The second kappa shape index (κ2) is 7.17. The van der Waals surface area contributed by atoms with E-state index < -0.39 is 0 Å². The van der Waals surface area contributed by atoms with E-state index in [1.54, 1.807) is 11.3 Å². The highest BCUT2D eigenvalue weighted by molar-refractivity contribution is 7.08. The molecule has 1 aliphatic heterocycles. The van der Waals surface area contributed by atoms with Crippen molar-refractivity contribution in [2.24, 2.45) is 5.92 Å². The third-order valence-electron chi connectivity index (χ3n) is 3.47. The molecule has 0 aliphatic carbocycles. The molecule has 3 heterocycles. The van der Waals surface area contributed by atoms with Crippen LogP contribution < -0.4 is 5.32 Å². The van der Waals surface area contributed by atoms with Crippen LogP contribution in [0.4, 0.5) is 0 Å². The summed E-state index contributed by atoms with van der Waals surface area (Å²) in [7, 11) is 2.01. The van der Waals surface area contributed by atoms with Crippen molar-refractivity contribution in [3.05, 3.63) is 22.7 Å². The summed E-state index contributed by atoms with van der Waals surface area (Å²) in [5.41, 5.74) is 1.04. The van der Waals surface area contributed by atoms with Crippen LogP contribution in [-0.4, -0.2) is 41.7 Å². The molecule has 110 valence electrons. The number of halogens is 1. The van der Waals surface area contributed by atoms with Crippen LogP contribution in [0.3, 0.4) is 0 Å². The Kier molecular flexibility index (Phi) is 5.54. The molecule has 0 spiro atoms. The first-order chi connectivity index (χ1) is 9.35. The lowest BCUT2D eigenvalue weighted by Crippen LogP contribution is -2.24. The van der Waals surface area contributed by atoms with Gasteiger partial charge in [0.15, 0.2) is 0 Å². The van der Waals surface area contributed by atoms with Gasteiger partial charge >= 0.3 is 0 Å². The maximum Gasteiger partial charge on any atom is 0.241 e. The van der Waals surface area contributed by atoms with E-state index in [2.05, 4.69) is 20.4 Å². The standard InChI is InChI=1S/C13H18N4OS.ClH/c1-14-6-10-2-4-17(7-10)8-12-15-13(16-18-12)11-3-5-19-9-11;/h3,5,9-10,14H,2,4,6-8H2,1H3;1H. The number of rotatable bonds is 5. The van der Waals surface area contributed by atoms with Gasteiger partial charge in [0.2, 0.25) is 11.7 Å². The van der Waals surface area contributed by atoms with E-state index in [-0.39, 0.29) is 12.4 Å². The number of nitrogens with one attached hydrogen (secondary N) is 1. The molecule has 0 aromatic carbocycles. The fourth-order valence-electron chi connectivity index (χ4n) is 2.53. The number of hydrogen-bond donors (Lipinski definition) is 1. The van der Waals surface area contributed by atoms with Crippen molar-refractivity contribution in [1.82, 2.24) is 20.4 Å². The van der Waals surface area contributed by atoms with E-state index in [0.29, 0.717) is 11.7 Å². The van der Waals surface area contributed by atoms with E-state index in [9.17, 15) is 0 Å². The molecule has 1 unspecified atom stereocenters. The molecule has 3 rings (SSSR count). The summed E-state index contributed by atoms with van der Waals surface area (Å²) in [6, 6.07) is 2.01. The average molecular weight is 315 g/mol. The number of aromatic nitrogens is 2. The van der Waals surface area contributed by atoms with Crippen molar-refractivity contribution in [1.29, 1.82) is 0 Å². The van der Waals surface area contributed by atoms with E-state index in [0.717, 1.165) is 37.7 Å². The topological polar surface area (TPSA) is 54.2 Å². The zero-order valence-corrected chi connectivity index (χ0v) is 13.0. The maximum absolute atomic E-state index is 5.33. The summed E-state index contributed by atoms with van der Waals surface area (Å²) < 4.78 is 5.33. The molecule has 0 saturated carbocycles. The number of thiophene rings is 1. The molecule has 2 aromatic heterocycles. The maximum atomic E-state index is 5.33. The van der Waals surface area contributed by atoms with Gasteiger partial charge in [0.1, 0.15) is 0 Å². The van der Waals surface area contributed by atoms with Gasteiger partial charge in [0.05, 0.1) is 6.54 Å². The Bertz CT molecular complexity index is 516. The Morgan fingerprint density at radius 2 is 2.45 bits per heavy atom. The highest BCUT2D eigenvalue weighted by atomic mass is 35.5. The van der Waals surface area contributed by atoms with Gasteiger partial charge in [0, 0.05) is 17.5 Å². The molecule has 1 aliphatic rings. The van der Waals surface area contributed by atoms with Gasteiger partial charge in [-0.25, -0.2) is 0 Å². The third-order valence-corrected chi connectivity index (χ3v) is 4.15. The van der Waals surface area contributed by atoms with Crippen LogP contribution in [0.2, 0.25) is 0 Å². The molecule has 1 N–H and O–H groups in total. The van der Waals surface area contributed by atoms with Crippen LogP contribution in [0, 0.1) is 5.92 Å². The highest BCUT2D eigenvalue weighted by Gasteiger charge is 2.23. The van der Waals surface area contributed by atoms with Crippen LogP contribution in [-0.2, 0) is 6.54 Å². The summed E-state index contributed by atoms with van der Waals surface area (Å²) in [4.78, 5) is 6.84. The smallest absolute Gasteiger partial charge is 0.241 e. The first-order valence-electron chi connectivity index (χ1n) is 6.57. The second-order valence-electron chi connectivity index (χ2n) is 4.97. The van der Waals surface area contributed by atoms with Crippen molar-refractivity contribution in [2.45, 2.75) is 13.0 Å². The van der Waals surface area contributed by atoms with Crippen LogP contribution in [0.15, 0.2) is 21.3 Å².